The Morgan fingerprint density at radius 2 is 1.89 bits per heavy atom. The molecule has 1 aliphatic heterocycles. The van der Waals surface area contributed by atoms with Gasteiger partial charge >= 0.3 is 0 Å². The van der Waals surface area contributed by atoms with E-state index in [1.54, 1.807) is 20.9 Å². The summed E-state index contributed by atoms with van der Waals surface area (Å²) in [6.07, 6.45) is 0.359. The molecule has 142 valence electrons. The maximum atomic E-state index is 13.7. The summed E-state index contributed by atoms with van der Waals surface area (Å²) >= 11 is 0. The van der Waals surface area contributed by atoms with Gasteiger partial charge in [0.2, 0.25) is 0 Å². The summed E-state index contributed by atoms with van der Waals surface area (Å²) in [6.45, 7) is 3.30. The predicted molar refractivity (Wildman–Crippen MR) is 103 cm³/mol. The summed E-state index contributed by atoms with van der Waals surface area (Å²) < 4.78 is 13.7. The van der Waals surface area contributed by atoms with Crippen molar-refractivity contribution in [2.75, 3.05) is 7.05 Å². The van der Waals surface area contributed by atoms with Gasteiger partial charge in [0.1, 0.15) is 17.1 Å². The number of allylic oxidation sites excluding steroid dienone is 1. The molecule has 1 saturated heterocycles. The van der Waals surface area contributed by atoms with Crippen molar-refractivity contribution in [3.63, 3.8) is 0 Å². The number of likely N-dealkylation sites (N-methyl/N-ethyl adjacent to an activating group) is 1. The van der Waals surface area contributed by atoms with E-state index >= 15 is 0 Å². The minimum Gasteiger partial charge on any atom is -0.326 e. The predicted octanol–water partition coefficient (Wildman–Crippen LogP) is 3.02. The van der Waals surface area contributed by atoms with Crippen LogP contribution >= 0.6 is 0 Å². The smallest absolute Gasteiger partial charge is 0.271 e. The van der Waals surface area contributed by atoms with E-state index in [2.05, 4.69) is 5.32 Å². The molecule has 2 aromatic carbocycles. The Balaban J connectivity index is 2.01. The van der Waals surface area contributed by atoms with Crippen LogP contribution in [0.2, 0.25) is 0 Å². The van der Waals surface area contributed by atoms with Crippen LogP contribution in [0.5, 0.6) is 0 Å². The normalized spacial score (nSPS) is 21.2. The third kappa shape index (κ3) is 3.27. The van der Waals surface area contributed by atoms with Crippen LogP contribution in [0.15, 0.2) is 54.2 Å². The molecule has 1 fully saturated rings. The maximum Gasteiger partial charge on any atom is 0.271 e. The Kier molecular flexibility index (Phi) is 5.02. The van der Waals surface area contributed by atoms with E-state index in [0.717, 1.165) is 5.56 Å². The molecule has 0 aliphatic carbocycles. The highest BCUT2D eigenvalue weighted by Crippen LogP contribution is 2.30. The Morgan fingerprint density at radius 3 is 2.54 bits per heavy atom. The molecule has 6 heteroatoms. The van der Waals surface area contributed by atoms with Crippen LogP contribution in [-0.4, -0.2) is 29.3 Å². The average molecular weight is 377 g/mol. The fraction of sp³-hybridized carbons (Fsp3) is 0.227. The van der Waals surface area contributed by atoms with Crippen molar-refractivity contribution in [2.45, 2.75) is 25.8 Å². The van der Waals surface area contributed by atoms with Crippen LogP contribution in [0.25, 0.3) is 5.57 Å². The zero-order valence-corrected chi connectivity index (χ0v) is 15.9. The number of carbonyl (C=O) groups excluding carboxylic acids is 2. The Bertz CT molecular complexity index is 1020. The van der Waals surface area contributed by atoms with E-state index in [1.807, 2.05) is 36.4 Å². The zero-order chi connectivity index (χ0) is 20.5. The van der Waals surface area contributed by atoms with Gasteiger partial charge in [-0.1, -0.05) is 30.3 Å². The van der Waals surface area contributed by atoms with Gasteiger partial charge in [-0.25, -0.2) is 4.39 Å². The number of carbonyl (C=O) groups is 2. The molecule has 0 spiro atoms. The number of nitrogens with zero attached hydrogens (tertiary/aromatic N) is 2. The van der Waals surface area contributed by atoms with Crippen molar-refractivity contribution in [3.8, 4) is 6.07 Å². The molecule has 0 bridgehead atoms. The lowest BCUT2D eigenvalue weighted by Crippen LogP contribution is -2.64. The Labute approximate surface area is 163 Å². The summed E-state index contributed by atoms with van der Waals surface area (Å²) in [6, 6.07) is 15.2. The van der Waals surface area contributed by atoms with Gasteiger partial charge < -0.3 is 10.2 Å². The molecule has 1 atom stereocenters. The lowest BCUT2D eigenvalue weighted by Gasteiger charge is -2.42. The second-order valence-electron chi connectivity index (χ2n) is 7.06. The van der Waals surface area contributed by atoms with E-state index in [1.165, 1.54) is 23.1 Å². The number of nitriles is 1. The lowest BCUT2D eigenvalue weighted by molar-refractivity contribution is -0.147. The molecule has 1 heterocycles. The molecule has 0 radical (unpaired) electrons. The van der Waals surface area contributed by atoms with Crippen molar-refractivity contribution in [3.05, 3.63) is 76.7 Å². The van der Waals surface area contributed by atoms with E-state index in [9.17, 15) is 19.2 Å². The Hall–Kier alpha value is -3.46. The minimum atomic E-state index is -1.07. The van der Waals surface area contributed by atoms with Gasteiger partial charge in [-0.15, -0.1) is 0 Å². The summed E-state index contributed by atoms with van der Waals surface area (Å²) in [5.74, 6) is -1.24. The van der Waals surface area contributed by atoms with E-state index in [0.29, 0.717) is 12.0 Å². The number of halogens is 1. The third-order valence-corrected chi connectivity index (χ3v) is 5.26. The van der Waals surface area contributed by atoms with Crippen LogP contribution < -0.4 is 5.32 Å². The van der Waals surface area contributed by atoms with Crippen LogP contribution in [-0.2, 0) is 16.0 Å². The highest BCUT2D eigenvalue weighted by Gasteiger charge is 2.46. The van der Waals surface area contributed by atoms with Gasteiger partial charge in [0.15, 0.2) is 0 Å². The van der Waals surface area contributed by atoms with Gasteiger partial charge in [0.25, 0.3) is 11.8 Å². The summed E-state index contributed by atoms with van der Waals surface area (Å²) in [5.41, 5.74) is 0.784. The lowest BCUT2D eigenvalue weighted by atomic mass is 9.87. The number of hydrogen-bond donors (Lipinski definition) is 1. The standard InChI is InChI=1S/C22H20FN3O2/c1-14(18-11-17(23)10-9-16(18)13-24)19-20(27)26(3)22(2,21(28)25-19)12-15-7-5-4-6-8-15/h4-11H,12H2,1-3H3,(H,25,28). The van der Waals surface area contributed by atoms with Crippen molar-refractivity contribution in [2.24, 2.45) is 0 Å². The molecular formula is C22H20FN3O2. The molecule has 1 unspecified atom stereocenters. The van der Waals surface area contributed by atoms with Gasteiger partial charge in [-0.2, -0.15) is 5.26 Å². The van der Waals surface area contributed by atoms with E-state index in [-0.39, 0.29) is 28.6 Å². The quantitative estimate of drug-likeness (QED) is 0.836. The Morgan fingerprint density at radius 1 is 1.21 bits per heavy atom. The number of rotatable bonds is 3. The van der Waals surface area contributed by atoms with Crippen LogP contribution in [0.3, 0.4) is 0 Å². The largest absolute Gasteiger partial charge is 0.326 e. The molecule has 3 rings (SSSR count). The first-order chi connectivity index (χ1) is 13.3. The average Bonchev–Trinajstić information content (AvgIpc) is 2.69. The second-order valence-corrected chi connectivity index (χ2v) is 7.06. The highest BCUT2D eigenvalue weighted by molar-refractivity contribution is 6.10. The number of amides is 2. The molecule has 5 nitrogen and oxygen atoms in total. The molecule has 0 saturated carbocycles. The van der Waals surface area contributed by atoms with Crippen molar-refractivity contribution in [1.29, 1.82) is 5.26 Å². The number of benzene rings is 2. The molecule has 1 aliphatic rings. The molecule has 0 aromatic heterocycles. The van der Waals surface area contributed by atoms with Crippen molar-refractivity contribution < 1.29 is 14.0 Å². The number of nitrogens with one attached hydrogen (secondary N) is 1. The fourth-order valence-electron chi connectivity index (χ4n) is 3.35. The number of hydrogen-bond acceptors (Lipinski definition) is 3. The molecule has 1 N–H and O–H groups in total. The second kappa shape index (κ2) is 7.28. The topological polar surface area (TPSA) is 73.2 Å². The van der Waals surface area contributed by atoms with E-state index < -0.39 is 11.4 Å². The highest BCUT2D eigenvalue weighted by atomic mass is 19.1. The van der Waals surface area contributed by atoms with Gasteiger partial charge in [-0.05, 0) is 43.2 Å². The minimum absolute atomic E-state index is 0.0557. The first kappa shape index (κ1) is 19.3. The van der Waals surface area contributed by atoms with Crippen LogP contribution in [0.1, 0.15) is 30.5 Å². The van der Waals surface area contributed by atoms with Gasteiger partial charge in [-0.3, -0.25) is 9.59 Å². The third-order valence-electron chi connectivity index (χ3n) is 5.26. The SMILES string of the molecule is CC(=C1NC(=O)C(C)(Cc2ccccc2)N(C)C1=O)c1cc(F)ccc1C#N. The summed E-state index contributed by atoms with van der Waals surface area (Å²) in [5, 5.41) is 12.0. The number of piperazine rings is 1. The monoisotopic (exact) mass is 377 g/mol. The van der Waals surface area contributed by atoms with Crippen LogP contribution in [0, 0.1) is 17.1 Å². The first-order valence-corrected chi connectivity index (χ1v) is 8.82. The van der Waals surface area contributed by atoms with Crippen molar-refractivity contribution >= 4 is 17.4 Å². The summed E-state index contributed by atoms with van der Waals surface area (Å²) in [4.78, 5) is 27.4. The van der Waals surface area contributed by atoms with Gasteiger partial charge in [0, 0.05) is 19.0 Å². The zero-order valence-electron chi connectivity index (χ0n) is 15.9. The van der Waals surface area contributed by atoms with Gasteiger partial charge in [0.05, 0.1) is 11.6 Å². The molecule has 28 heavy (non-hydrogen) atoms. The summed E-state index contributed by atoms with van der Waals surface area (Å²) in [7, 11) is 1.58. The molecular weight excluding hydrogens is 357 g/mol. The van der Waals surface area contributed by atoms with Crippen LogP contribution in [0.4, 0.5) is 4.39 Å². The molecule has 2 aromatic rings. The first-order valence-electron chi connectivity index (χ1n) is 8.82. The molecule has 2 amide bonds. The van der Waals surface area contributed by atoms with E-state index in [4.69, 9.17) is 0 Å². The van der Waals surface area contributed by atoms with Crippen molar-refractivity contribution in [1.82, 2.24) is 10.2 Å². The maximum absolute atomic E-state index is 13.7. The fourth-order valence-corrected chi connectivity index (χ4v) is 3.35.